The molecule has 2 aromatic rings. The molecule has 3 rings (SSSR count). The van der Waals surface area contributed by atoms with Crippen LogP contribution >= 0.6 is 23.2 Å². The van der Waals surface area contributed by atoms with Gasteiger partial charge in [0, 0.05) is 33.8 Å². The molecule has 0 amide bonds. The number of hydrogen-bond donors (Lipinski definition) is 1. The molecular formula is C15H12Cl2FNO2. The third kappa shape index (κ3) is 2.79. The molecule has 0 spiro atoms. The normalized spacial score (nSPS) is 16.9. The van der Waals surface area contributed by atoms with E-state index in [0.29, 0.717) is 39.2 Å². The number of nitrogens with two attached hydrogens (primary N) is 1. The van der Waals surface area contributed by atoms with Gasteiger partial charge in [-0.1, -0.05) is 23.2 Å². The van der Waals surface area contributed by atoms with E-state index in [4.69, 9.17) is 38.4 Å². The SMILES string of the molecule is NC[C@H]1COc2cc(F)cc(-c3cc(Cl)ccc3Cl)c2O1. The summed E-state index contributed by atoms with van der Waals surface area (Å²) in [5.74, 6) is 0.336. The number of benzene rings is 2. The summed E-state index contributed by atoms with van der Waals surface area (Å²) in [6, 6.07) is 7.61. The monoisotopic (exact) mass is 327 g/mol. The van der Waals surface area contributed by atoms with Gasteiger partial charge in [0.2, 0.25) is 0 Å². The zero-order valence-electron chi connectivity index (χ0n) is 10.9. The summed E-state index contributed by atoms with van der Waals surface area (Å²) in [7, 11) is 0. The number of ether oxygens (including phenoxy) is 2. The van der Waals surface area contributed by atoms with E-state index in [1.807, 2.05) is 0 Å². The average molecular weight is 328 g/mol. The fourth-order valence-corrected chi connectivity index (χ4v) is 2.59. The molecule has 2 N–H and O–H groups in total. The van der Waals surface area contributed by atoms with Crippen LogP contribution in [0.1, 0.15) is 0 Å². The fourth-order valence-electron chi connectivity index (χ4n) is 2.20. The van der Waals surface area contributed by atoms with E-state index >= 15 is 0 Å². The van der Waals surface area contributed by atoms with Crippen LogP contribution in [0.15, 0.2) is 30.3 Å². The average Bonchev–Trinajstić information content (AvgIpc) is 2.48. The number of fused-ring (bicyclic) bond motifs is 1. The van der Waals surface area contributed by atoms with Crippen molar-refractivity contribution in [1.82, 2.24) is 0 Å². The zero-order chi connectivity index (χ0) is 15.0. The second-order valence-corrected chi connectivity index (χ2v) is 5.53. The Morgan fingerprint density at radius 1 is 1.19 bits per heavy atom. The summed E-state index contributed by atoms with van der Waals surface area (Å²) in [5, 5.41) is 0.949. The van der Waals surface area contributed by atoms with Crippen LogP contribution in [0.3, 0.4) is 0 Å². The molecule has 21 heavy (non-hydrogen) atoms. The predicted octanol–water partition coefficient (Wildman–Crippen LogP) is 3.90. The first-order valence-electron chi connectivity index (χ1n) is 6.37. The molecule has 0 radical (unpaired) electrons. The molecule has 0 aliphatic carbocycles. The van der Waals surface area contributed by atoms with Crippen LogP contribution in [0.25, 0.3) is 11.1 Å². The smallest absolute Gasteiger partial charge is 0.169 e. The minimum absolute atomic E-state index is 0.278. The van der Waals surface area contributed by atoms with E-state index in [9.17, 15) is 4.39 Å². The van der Waals surface area contributed by atoms with Crippen LogP contribution in [0.5, 0.6) is 11.5 Å². The highest BCUT2D eigenvalue weighted by molar-refractivity contribution is 6.35. The molecule has 110 valence electrons. The highest BCUT2D eigenvalue weighted by Crippen LogP contribution is 2.44. The van der Waals surface area contributed by atoms with Crippen molar-refractivity contribution < 1.29 is 13.9 Å². The van der Waals surface area contributed by atoms with Crippen molar-refractivity contribution in [3.63, 3.8) is 0 Å². The van der Waals surface area contributed by atoms with Gasteiger partial charge in [0.05, 0.1) is 0 Å². The first kappa shape index (κ1) is 14.4. The van der Waals surface area contributed by atoms with Gasteiger partial charge in [-0.2, -0.15) is 0 Å². The van der Waals surface area contributed by atoms with Crippen molar-refractivity contribution in [1.29, 1.82) is 0 Å². The molecule has 0 bridgehead atoms. The van der Waals surface area contributed by atoms with Gasteiger partial charge in [-0.05, 0) is 24.3 Å². The molecule has 1 aliphatic rings. The lowest BCUT2D eigenvalue weighted by Gasteiger charge is -2.27. The Kier molecular flexibility index (Phi) is 3.93. The van der Waals surface area contributed by atoms with E-state index < -0.39 is 5.82 Å². The van der Waals surface area contributed by atoms with Crippen LogP contribution in [-0.2, 0) is 0 Å². The zero-order valence-corrected chi connectivity index (χ0v) is 12.4. The minimum Gasteiger partial charge on any atom is -0.486 e. The third-order valence-electron chi connectivity index (χ3n) is 3.21. The van der Waals surface area contributed by atoms with E-state index in [0.717, 1.165) is 0 Å². The summed E-state index contributed by atoms with van der Waals surface area (Å²) in [5.41, 5.74) is 6.69. The standard InChI is InChI=1S/C15H12Cl2FNO2/c16-8-1-2-13(17)11(3-8)12-4-9(18)5-14-15(12)21-10(6-19)7-20-14/h1-5,10H,6-7,19H2/t10-/m0/s1. The highest BCUT2D eigenvalue weighted by Gasteiger charge is 2.25. The van der Waals surface area contributed by atoms with Crippen molar-refractivity contribution >= 4 is 23.2 Å². The van der Waals surface area contributed by atoms with Crippen molar-refractivity contribution in [2.75, 3.05) is 13.2 Å². The molecule has 2 aromatic carbocycles. The van der Waals surface area contributed by atoms with Gasteiger partial charge in [0.15, 0.2) is 11.5 Å². The second kappa shape index (κ2) is 5.72. The summed E-state index contributed by atoms with van der Waals surface area (Å²) in [6.45, 7) is 0.592. The van der Waals surface area contributed by atoms with E-state index in [2.05, 4.69) is 0 Å². The van der Waals surface area contributed by atoms with E-state index in [-0.39, 0.29) is 12.7 Å². The molecule has 0 saturated heterocycles. The van der Waals surface area contributed by atoms with Crippen molar-refractivity contribution in [3.05, 3.63) is 46.2 Å². The Balaban J connectivity index is 2.18. The quantitative estimate of drug-likeness (QED) is 0.909. The van der Waals surface area contributed by atoms with Gasteiger partial charge in [-0.25, -0.2) is 4.39 Å². The van der Waals surface area contributed by atoms with Crippen LogP contribution in [-0.4, -0.2) is 19.3 Å². The highest BCUT2D eigenvalue weighted by atomic mass is 35.5. The Labute approximate surface area is 131 Å². The predicted molar refractivity (Wildman–Crippen MR) is 80.8 cm³/mol. The molecule has 6 heteroatoms. The second-order valence-electron chi connectivity index (χ2n) is 4.69. The molecule has 3 nitrogen and oxygen atoms in total. The van der Waals surface area contributed by atoms with Gasteiger partial charge < -0.3 is 15.2 Å². The van der Waals surface area contributed by atoms with Gasteiger partial charge >= 0.3 is 0 Å². The Hall–Kier alpha value is -1.49. The first-order chi connectivity index (χ1) is 10.1. The topological polar surface area (TPSA) is 44.5 Å². The van der Waals surface area contributed by atoms with Gasteiger partial charge in [-0.15, -0.1) is 0 Å². The Morgan fingerprint density at radius 2 is 2.00 bits per heavy atom. The van der Waals surface area contributed by atoms with Crippen LogP contribution in [0.4, 0.5) is 4.39 Å². The summed E-state index contributed by atoms with van der Waals surface area (Å²) in [6.07, 6.45) is -0.278. The fraction of sp³-hybridized carbons (Fsp3) is 0.200. The van der Waals surface area contributed by atoms with Crippen LogP contribution in [0.2, 0.25) is 10.0 Å². The molecule has 0 saturated carbocycles. The number of rotatable bonds is 2. The molecule has 0 fully saturated rings. The lowest BCUT2D eigenvalue weighted by molar-refractivity contribution is 0.0971. The first-order valence-corrected chi connectivity index (χ1v) is 7.12. The largest absolute Gasteiger partial charge is 0.486 e. The molecule has 1 aliphatic heterocycles. The summed E-state index contributed by atoms with van der Waals surface area (Å²) >= 11 is 12.2. The third-order valence-corrected chi connectivity index (χ3v) is 3.78. The van der Waals surface area contributed by atoms with Crippen LogP contribution in [0, 0.1) is 5.82 Å². The minimum atomic E-state index is -0.436. The number of hydrogen-bond acceptors (Lipinski definition) is 3. The van der Waals surface area contributed by atoms with Gasteiger partial charge in [0.1, 0.15) is 18.5 Å². The van der Waals surface area contributed by atoms with E-state index in [1.54, 1.807) is 18.2 Å². The molecule has 1 atom stereocenters. The van der Waals surface area contributed by atoms with Crippen molar-refractivity contribution in [2.24, 2.45) is 5.73 Å². The number of halogens is 3. The van der Waals surface area contributed by atoms with Gasteiger partial charge in [0.25, 0.3) is 0 Å². The maximum absolute atomic E-state index is 13.8. The molecule has 1 heterocycles. The molecule has 0 aromatic heterocycles. The maximum atomic E-state index is 13.8. The molecule has 0 unspecified atom stereocenters. The lowest BCUT2D eigenvalue weighted by atomic mass is 10.0. The Bertz CT molecular complexity index is 694. The summed E-state index contributed by atoms with van der Waals surface area (Å²) in [4.78, 5) is 0. The summed E-state index contributed by atoms with van der Waals surface area (Å²) < 4.78 is 25.1. The Morgan fingerprint density at radius 3 is 2.76 bits per heavy atom. The maximum Gasteiger partial charge on any atom is 0.169 e. The van der Waals surface area contributed by atoms with Gasteiger partial charge in [-0.3, -0.25) is 0 Å². The van der Waals surface area contributed by atoms with Crippen molar-refractivity contribution in [3.8, 4) is 22.6 Å². The van der Waals surface area contributed by atoms with Crippen molar-refractivity contribution in [2.45, 2.75) is 6.10 Å². The van der Waals surface area contributed by atoms with Crippen LogP contribution < -0.4 is 15.2 Å². The van der Waals surface area contributed by atoms with E-state index in [1.165, 1.54) is 12.1 Å². The lowest BCUT2D eigenvalue weighted by Crippen LogP contribution is -2.36. The molecular weight excluding hydrogens is 316 g/mol.